The van der Waals surface area contributed by atoms with E-state index in [-0.39, 0.29) is 17.3 Å². The fraction of sp³-hybridized carbons (Fsp3) is 0.615. The fourth-order valence-corrected chi connectivity index (χ4v) is 3.62. The maximum atomic E-state index is 12.5. The molecule has 0 atom stereocenters. The molecule has 0 aromatic heterocycles. The SMILES string of the molecule is CCCCCCCC/C=C\CCCCCCCC(=O)N(CC(=O)O)c1ccccc1O. The lowest BCUT2D eigenvalue weighted by atomic mass is 10.1. The fourth-order valence-electron chi connectivity index (χ4n) is 3.62. The minimum absolute atomic E-state index is 0.0818. The van der Waals surface area contributed by atoms with Gasteiger partial charge in [0.15, 0.2) is 0 Å². The molecule has 0 heterocycles. The van der Waals surface area contributed by atoms with Crippen LogP contribution in [0, 0.1) is 0 Å². The first kappa shape index (κ1) is 26.7. The highest BCUT2D eigenvalue weighted by molar-refractivity contribution is 5.98. The summed E-state index contributed by atoms with van der Waals surface area (Å²) in [5.74, 6) is -1.44. The predicted octanol–water partition coefficient (Wildman–Crippen LogP) is 6.85. The number of carbonyl (C=O) groups excluding carboxylic acids is 1. The second kappa shape index (κ2) is 17.4. The van der Waals surface area contributed by atoms with Crippen molar-refractivity contribution in [2.45, 2.75) is 96.8 Å². The summed E-state index contributed by atoms with van der Waals surface area (Å²) in [6.07, 6.45) is 20.3. The number of phenolic OH excluding ortho intramolecular Hbond substituents is 1. The molecular weight excluding hydrogens is 390 g/mol. The standard InChI is InChI=1S/C26H41NO4/c1-2-3-4-5-6-7-8-9-10-11-12-13-14-15-16-21-25(29)27(22-26(30)31)23-19-17-18-20-24(23)28/h9-10,17-20,28H,2-8,11-16,21-22H2,1H3,(H,30,31)/b10-9-. The van der Waals surface area contributed by atoms with Gasteiger partial charge < -0.3 is 10.2 Å². The lowest BCUT2D eigenvalue weighted by molar-refractivity contribution is -0.136. The summed E-state index contributed by atoms with van der Waals surface area (Å²) >= 11 is 0. The summed E-state index contributed by atoms with van der Waals surface area (Å²) in [6.45, 7) is 1.80. The van der Waals surface area contributed by atoms with Gasteiger partial charge >= 0.3 is 5.97 Å². The van der Waals surface area contributed by atoms with Gasteiger partial charge in [-0.25, -0.2) is 0 Å². The van der Waals surface area contributed by atoms with Crippen molar-refractivity contribution >= 4 is 17.6 Å². The van der Waals surface area contributed by atoms with Crippen molar-refractivity contribution in [1.82, 2.24) is 0 Å². The zero-order valence-electron chi connectivity index (χ0n) is 19.2. The Morgan fingerprint density at radius 3 is 1.97 bits per heavy atom. The third-order valence-electron chi connectivity index (χ3n) is 5.42. The molecule has 5 nitrogen and oxygen atoms in total. The van der Waals surface area contributed by atoms with E-state index in [4.69, 9.17) is 5.11 Å². The third kappa shape index (κ3) is 12.9. The Bertz CT molecular complexity index is 657. The molecule has 0 bridgehead atoms. The van der Waals surface area contributed by atoms with Gasteiger partial charge in [-0.1, -0.05) is 82.6 Å². The van der Waals surface area contributed by atoms with Crippen LogP contribution in [0.5, 0.6) is 5.75 Å². The molecule has 0 aliphatic heterocycles. The number of rotatable bonds is 18. The maximum absolute atomic E-state index is 12.5. The van der Waals surface area contributed by atoms with Crippen molar-refractivity contribution in [2.75, 3.05) is 11.4 Å². The topological polar surface area (TPSA) is 77.8 Å². The van der Waals surface area contributed by atoms with Crippen LogP contribution in [0.15, 0.2) is 36.4 Å². The number of para-hydroxylation sites is 2. The van der Waals surface area contributed by atoms with Gasteiger partial charge in [0, 0.05) is 6.42 Å². The zero-order chi connectivity index (χ0) is 22.7. The maximum Gasteiger partial charge on any atom is 0.323 e. The number of aliphatic carboxylic acids is 1. The van der Waals surface area contributed by atoms with Crippen LogP contribution in [0.2, 0.25) is 0 Å². The molecule has 31 heavy (non-hydrogen) atoms. The number of carbonyl (C=O) groups is 2. The van der Waals surface area contributed by atoms with E-state index in [1.165, 1.54) is 57.4 Å². The molecule has 0 fully saturated rings. The number of aromatic hydroxyl groups is 1. The monoisotopic (exact) mass is 431 g/mol. The Kier molecular flexibility index (Phi) is 15.0. The predicted molar refractivity (Wildman–Crippen MR) is 128 cm³/mol. The average Bonchev–Trinajstić information content (AvgIpc) is 2.75. The quantitative estimate of drug-likeness (QED) is 0.197. The number of anilines is 1. The van der Waals surface area contributed by atoms with Gasteiger partial charge in [0.05, 0.1) is 5.69 Å². The van der Waals surface area contributed by atoms with E-state index in [1.807, 2.05) is 0 Å². The van der Waals surface area contributed by atoms with Crippen LogP contribution in [0.1, 0.15) is 96.8 Å². The molecule has 0 saturated heterocycles. The van der Waals surface area contributed by atoms with Gasteiger partial charge in [0.2, 0.25) is 5.91 Å². The molecule has 1 amide bonds. The lowest BCUT2D eigenvalue weighted by Crippen LogP contribution is -2.35. The van der Waals surface area contributed by atoms with Crippen molar-refractivity contribution < 1.29 is 19.8 Å². The van der Waals surface area contributed by atoms with Gasteiger partial charge in [-0.2, -0.15) is 0 Å². The van der Waals surface area contributed by atoms with Gasteiger partial charge in [0.1, 0.15) is 12.3 Å². The van der Waals surface area contributed by atoms with E-state index in [0.29, 0.717) is 6.42 Å². The number of carboxylic acids is 1. The molecule has 1 aromatic rings. The Morgan fingerprint density at radius 2 is 1.39 bits per heavy atom. The normalized spacial score (nSPS) is 11.1. The molecule has 174 valence electrons. The number of phenols is 1. The first-order chi connectivity index (χ1) is 15.1. The molecule has 1 rings (SSSR count). The van der Waals surface area contributed by atoms with Gasteiger partial charge in [-0.3, -0.25) is 14.5 Å². The molecule has 0 saturated carbocycles. The van der Waals surface area contributed by atoms with E-state index in [9.17, 15) is 14.7 Å². The first-order valence-electron chi connectivity index (χ1n) is 12.0. The van der Waals surface area contributed by atoms with Crippen LogP contribution in [-0.4, -0.2) is 28.6 Å². The molecule has 1 aromatic carbocycles. The number of nitrogens with zero attached hydrogens (tertiary/aromatic N) is 1. The first-order valence-corrected chi connectivity index (χ1v) is 12.0. The molecule has 0 aliphatic carbocycles. The van der Waals surface area contributed by atoms with Crippen molar-refractivity contribution in [1.29, 1.82) is 0 Å². The summed E-state index contributed by atoms with van der Waals surface area (Å²) in [4.78, 5) is 24.8. The number of hydrogen-bond acceptors (Lipinski definition) is 3. The minimum Gasteiger partial charge on any atom is -0.506 e. The Morgan fingerprint density at radius 1 is 0.839 bits per heavy atom. The summed E-state index contributed by atoms with van der Waals surface area (Å²) in [5.41, 5.74) is 0.252. The minimum atomic E-state index is -1.10. The molecular formula is C26H41NO4. The number of hydrogen-bond donors (Lipinski definition) is 2. The number of allylic oxidation sites excluding steroid dienone is 2. The molecule has 2 N–H and O–H groups in total. The third-order valence-corrected chi connectivity index (χ3v) is 5.42. The number of amides is 1. The van der Waals surface area contributed by atoms with Crippen molar-refractivity contribution in [2.24, 2.45) is 0 Å². The number of carboxylic acid groups (broad SMARTS) is 1. The molecule has 5 heteroatoms. The van der Waals surface area contributed by atoms with Gasteiger partial charge in [-0.05, 0) is 44.2 Å². The second-order valence-corrected chi connectivity index (χ2v) is 8.20. The summed E-state index contributed by atoms with van der Waals surface area (Å²) < 4.78 is 0. The van der Waals surface area contributed by atoms with E-state index < -0.39 is 12.5 Å². The largest absolute Gasteiger partial charge is 0.506 e. The number of unbranched alkanes of at least 4 members (excludes halogenated alkanes) is 11. The molecule has 0 spiro atoms. The van der Waals surface area contributed by atoms with Crippen LogP contribution >= 0.6 is 0 Å². The van der Waals surface area contributed by atoms with Crippen molar-refractivity contribution in [3.63, 3.8) is 0 Å². The smallest absolute Gasteiger partial charge is 0.323 e. The Labute approximate surface area is 188 Å². The van der Waals surface area contributed by atoms with E-state index in [0.717, 1.165) is 37.0 Å². The van der Waals surface area contributed by atoms with E-state index in [1.54, 1.807) is 18.2 Å². The Hall–Kier alpha value is -2.30. The highest BCUT2D eigenvalue weighted by Gasteiger charge is 2.20. The molecule has 0 unspecified atom stereocenters. The van der Waals surface area contributed by atoms with Crippen LogP contribution in [0.3, 0.4) is 0 Å². The molecule has 0 radical (unpaired) electrons. The van der Waals surface area contributed by atoms with Crippen molar-refractivity contribution in [3.8, 4) is 5.75 Å². The van der Waals surface area contributed by atoms with Crippen LogP contribution in [0.25, 0.3) is 0 Å². The summed E-state index contributed by atoms with van der Waals surface area (Å²) in [6, 6.07) is 6.35. The van der Waals surface area contributed by atoms with Crippen LogP contribution < -0.4 is 4.90 Å². The van der Waals surface area contributed by atoms with Crippen molar-refractivity contribution in [3.05, 3.63) is 36.4 Å². The second-order valence-electron chi connectivity index (χ2n) is 8.20. The van der Waals surface area contributed by atoms with E-state index in [2.05, 4.69) is 19.1 Å². The summed E-state index contributed by atoms with van der Waals surface area (Å²) in [7, 11) is 0. The Balaban J connectivity index is 2.13. The zero-order valence-corrected chi connectivity index (χ0v) is 19.2. The highest BCUT2D eigenvalue weighted by atomic mass is 16.4. The van der Waals surface area contributed by atoms with E-state index >= 15 is 0 Å². The molecule has 0 aliphatic rings. The number of benzene rings is 1. The summed E-state index contributed by atoms with van der Waals surface area (Å²) in [5, 5.41) is 19.1. The van der Waals surface area contributed by atoms with Crippen LogP contribution in [-0.2, 0) is 9.59 Å². The van der Waals surface area contributed by atoms with Gasteiger partial charge in [-0.15, -0.1) is 0 Å². The van der Waals surface area contributed by atoms with Crippen LogP contribution in [0.4, 0.5) is 5.69 Å². The highest BCUT2D eigenvalue weighted by Crippen LogP contribution is 2.27. The van der Waals surface area contributed by atoms with Gasteiger partial charge in [0.25, 0.3) is 0 Å². The average molecular weight is 432 g/mol. The lowest BCUT2D eigenvalue weighted by Gasteiger charge is -2.21.